The van der Waals surface area contributed by atoms with E-state index in [1.54, 1.807) is 12.2 Å². The average molecular weight is 222 g/mol. The maximum atomic E-state index is 12.1. The number of ketones is 1. The van der Waals surface area contributed by atoms with Crippen LogP contribution < -0.4 is 0 Å². The van der Waals surface area contributed by atoms with E-state index >= 15 is 0 Å². The highest BCUT2D eigenvalue weighted by atomic mass is 16.1. The van der Waals surface area contributed by atoms with E-state index in [-0.39, 0.29) is 5.78 Å². The Bertz CT molecular complexity index is 514. The van der Waals surface area contributed by atoms with Gasteiger partial charge in [0, 0.05) is 5.57 Å². The van der Waals surface area contributed by atoms with Crippen molar-refractivity contribution in [1.29, 1.82) is 0 Å². The van der Waals surface area contributed by atoms with Crippen molar-refractivity contribution >= 4 is 11.4 Å². The van der Waals surface area contributed by atoms with Crippen LogP contribution in [0.25, 0.3) is 5.57 Å². The van der Waals surface area contributed by atoms with Crippen LogP contribution in [0.15, 0.2) is 72.4 Å². The Labute approximate surface area is 101 Å². The van der Waals surface area contributed by atoms with Crippen molar-refractivity contribution < 1.29 is 4.79 Å². The van der Waals surface area contributed by atoms with Gasteiger partial charge in [-0.2, -0.15) is 0 Å². The van der Waals surface area contributed by atoms with Crippen LogP contribution in [0.5, 0.6) is 0 Å². The summed E-state index contributed by atoms with van der Waals surface area (Å²) in [7, 11) is 0. The number of carbonyl (C=O) groups excluding carboxylic acids is 1. The summed E-state index contributed by atoms with van der Waals surface area (Å²) < 4.78 is 0. The van der Waals surface area contributed by atoms with Gasteiger partial charge in [0.2, 0.25) is 0 Å². The summed E-state index contributed by atoms with van der Waals surface area (Å²) in [5.74, 6) is 0.0462. The minimum Gasteiger partial charge on any atom is -0.289 e. The van der Waals surface area contributed by atoms with Crippen molar-refractivity contribution in [3.8, 4) is 0 Å². The van der Waals surface area contributed by atoms with Gasteiger partial charge in [0.1, 0.15) is 0 Å². The van der Waals surface area contributed by atoms with Crippen LogP contribution in [-0.2, 0) is 4.79 Å². The molecule has 0 heterocycles. The Hall–Kier alpha value is -2.15. The first-order chi connectivity index (χ1) is 8.33. The molecule has 0 amide bonds. The van der Waals surface area contributed by atoms with Gasteiger partial charge in [0.25, 0.3) is 0 Å². The van der Waals surface area contributed by atoms with E-state index in [0.717, 1.165) is 16.7 Å². The Morgan fingerprint density at radius 2 is 1.71 bits per heavy atom. The first-order valence-corrected chi connectivity index (χ1v) is 5.64. The van der Waals surface area contributed by atoms with Gasteiger partial charge in [-0.1, -0.05) is 60.7 Å². The van der Waals surface area contributed by atoms with Gasteiger partial charge in [0.15, 0.2) is 5.78 Å². The summed E-state index contributed by atoms with van der Waals surface area (Å²) in [4.78, 5) is 12.1. The standard InChI is InChI=1S/C16H14O/c1-2-8-15(17)16(14-11-6-7-12-14)13-9-4-3-5-10-13/h2-12H,1H3/b8-2+. The van der Waals surface area contributed by atoms with E-state index in [9.17, 15) is 4.79 Å². The van der Waals surface area contributed by atoms with Gasteiger partial charge >= 0.3 is 0 Å². The highest BCUT2D eigenvalue weighted by Crippen LogP contribution is 2.24. The van der Waals surface area contributed by atoms with Gasteiger partial charge < -0.3 is 0 Å². The van der Waals surface area contributed by atoms with Crippen molar-refractivity contribution in [3.05, 3.63) is 77.9 Å². The van der Waals surface area contributed by atoms with E-state index in [2.05, 4.69) is 0 Å². The molecule has 2 rings (SSSR count). The van der Waals surface area contributed by atoms with Crippen LogP contribution in [0, 0.1) is 0 Å². The van der Waals surface area contributed by atoms with Crippen LogP contribution >= 0.6 is 0 Å². The van der Waals surface area contributed by atoms with Crippen molar-refractivity contribution in [1.82, 2.24) is 0 Å². The van der Waals surface area contributed by atoms with E-state index in [0.29, 0.717) is 0 Å². The van der Waals surface area contributed by atoms with Gasteiger partial charge in [-0.05, 0) is 24.1 Å². The molecule has 0 bridgehead atoms. The fourth-order valence-electron chi connectivity index (χ4n) is 1.83. The average Bonchev–Trinajstić information content (AvgIpc) is 2.85. The van der Waals surface area contributed by atoms with E-state index in [4.69, 9.17) is 0 Å². The molecule has 0 aliphatic heterocycles. The van der Waals surface area contributed by atoms with E-state index in [1.165, 1.54) is 0 Å². The molecule has 0 fully saturated rings. The topological polar surface area (TPSA) is 17.1 Å². The highest BCUT2D eigenvalue weighted by Gasteiger charge is 2.13. The summed E-state index contributed by atoms with van der Waals surface area (Å²) in [6, 6.07) is 9.77. The second-order valence-corrected chi connectivity index (χ2v) is 3.78. The van der Waals surface area contributed by atoms with Crippen LogP contribution in [0.3, 0.4) is 0 Å². The molecule has 0 unspecified atom stereocenters. The SMILES string of the molecule is C/C=C/C(=O)C(=C1C=CC=C1)c1ccccc1. The first kappa shape index (κ1) is 11.3. The minimum atomic E-state index is 0.0462. The van der Waals surface area contributed by atoms with Gasteiger partial charge in [-0.25, -0.2) is 0 Å². The summed E-state index contributed by atoms with van der Waals surface area (Å²) in [6.07, 6.45) is 11.2. The molecule has 1 heteroatoms. The lowest BCUT2D eigenvalue weighted by Gasteiger charge is -2.06. The summed E-state index contributed by atoms with van der Waals surface area (Å²) >= 11 is 0. The zero-order chi connectivity index (χ0) is 12.1. The van der Waals surface area contributed by atoms with Gasteiger partial charge in [-0.15, -0.1) is 0 Å². The predicted octanol–water partition coefficient (Wildman–Crippen LogP) is 3.71. The molecule has 1 aliphatic carbocycles. The third-order valence-electron chi connectivity index (χ3n) is 2.58. The van der Waals surface area contributed by atoms with E-state index in [1.807, 2.05) is 61.6 Å². The Morgan fingerprint density at radius 3 is 2.29 bits per heavy atom. The third kappa shape index (κ3) is 2.51. The zero-order valence-corrected chi connectivity index (χ0v) is 9.76. The maximum absolute atomic E-state index is 12.1. The molecule has 1 aromatic carbocycles. The molecule has 0 radical (unpaired) electrons. The van der Waals surface area contributed by atoms with Crippen molar-refractivity contribution in [3.63, 3.8) is 0 Å². The van der Waals surface area contributed by atoms with E-state index < -0.39 is 0 Å². The van der Waals surface area contributed by atoms with Crippen molar-refractivity contribution in [2.75, 3.05) is 0 Å². The normalized spacial score (nSPS) is 13.6. The number of allylic oxidation sites excluding steroid dienone is 8. The summed E-state index contributed by atoms with van der Waals surface area (Å²) in [5, 5.41) is 0. The predicted molar refractivity (Wildman–Crippen MR) is 71.5 cm³/mol. The molecular weight excluding hydrogens is 208 g/mol. The fourth-order valence-corrected chi connectivity index (χ4v) is 1.83. The quantitative estimate of drug-likeness (QED) is 0.712. The molecule has 1 aromatic rings. The number of benzene rings is 1. The van der Waals surface area contributed by atoms with Crippen LogP contribution in [0.4, 0.5) is 0 Å². The monoisotopic (exact) mass is 222 g/mol. The lowest BCUT2D eigenvalue weighted by atomic mass is 9.96. The number of rotatable bonds is 3. The molecule has 17 heavy (non-hydrogen) atoms. The number of hydrogen-bond donors (Lipinski definition) is 0. The molecule has 1 aliphatic rings. The Morgan fingerprint density at radius 1 is 1.06 bits per heavy atom. The molecule has 0 atom stereocenters. The molecule has 0 spiro atoms. The Balaban J connectivity index is 2.53. The largest absolute Gasteiger partial charge is 0.289 e. The molecule has 1 nitrogen and oxygen atoms in total. The molecule has 84 valence electrons. The smallest absolute Gasteiger partial charge is 0.186 e. The fraction of sp³-hybridized carbons (Fsp3) is 0.0625. The Kier molecular flexibility index (Phi) is 3.51. The molecule has 0 saturated carbocycles. The minimum absolute atomic E-state index is 0.0462. The van der Waals surface area contributed by atoms with Crippen LogP contribution in [0.2, 0.25) is 0 Å². The molecule has 0 saturated heterocycles. The first-order valence-electron chi connectivity index (χ1n) is 5.64. The lowest BCUT2D eigenvalue weighted by Crippen LogP contribution is -2.00. The highest BCUT2D eigenvalue weighted by molar-refractivity contribution is 6.27. The summed E-state index contributed by atoms with van der Waals surface area (Å²) in [6.45, 7) is 1.85. The number of hydrogen-bond acceptors (Lipinski definition) is 1. The molecule has 0 aromatic heterocycles. The maximum Gasteiger partial charge on any atom is 0.186 e. The van der Waals surface area contributed by atoms with Crippen LogP contribution in [0.1, 0.15) is 12.5 Å². The van der Waals surface area contributed by atoms with Crippen molar-refractivity contribution in [2.45, 2.75) is 6.92 Å². The lowest BCUT2D eigenvalue weighted by molar-refractivity contribution is -0.109. The third-order valence-corrected chi connectivity index (χ3v) is 2.58. The second kappa shape index (κ2) is 5.26. The van der Waals surface area contributed by atoms with Crippen molar-refractivity contribution in [2.24, 2.45) is 0 Å². The summed E-state index contributed by atoms with van der Waals surface area (Å²) in [5.41, 5.74) is 2.69. The van der Waals surface area contributed by atoms with Crippen LogP contribution in [-0.4, -0.2) is 5.78 Å². The second-order valence-electron chi connectivity index (χ2n) is 3.78. The molecular formula is C16H14O. The van der Waals surface area contributed by atoms with Gasteiger partial charge in [0.05, 0.1) is 0 Å². The molecule has 0 N–H and O–H groups in total. The van der Waals surface area contributed by atoms with Gasteiger partial charge in [-0.3, -0.25) is 4.79 Å². The zero-order valence-electron chi connectivity index (χ0n) is 9.76. The number of carbonyl (C=O) groups is 1.